The van der Waals surface area contributed by atoms with E-state index in [0.29, 0.717) is 12.2 Å². The lowest BCUT2D eigenvalue weighted by molar-refractivity contribution is -0.118. The van der Waals surface area contributed by atoms with E-state index in [1.165, 1.54) is 11.1 Å². The second-order valence-electron chi connectivity index (χ2n) is 3.59. The molecule has 0 saturated heterocycles. The number of rotatable bonds is 2. The fourth-order valence-corrected chi connectivity index (χ4v) is 1.28. The lowest BCUT2D eigenvalue weighted by atomic mass is 9.96. The van der Waals surface area contributed by atoms with Gasteiger partial charge in [0.1, 0.15) is 5.78 Å². The molecule has 1 heteroatoms. The van der Waals surface area contributed by atoms with Crippen molar-refractivity contribution in [3.05, 3.63) is 23.3 Å². The largest absolute Gasteiger partial charge is 0.299 e. The average Bonchev–Trinajstić information content (AvgIpc) is 2.03. The van der Waals surface area contributed by atoms with Gasteiger partial charge in [-0.25, -0.2) is 0 Å². The Kier molecular flexibility index (Phi) is 3.27. The zero-order valence-electron chi connectivity index (χ0n) is 7.89. The molecule has 0 fully saturated rings. The van der Waals surface area contributed by atoms with Gasteiger partial charge in [-0.1, -0.05) is 23.3 Å². The SMILES string of the molecule is CC(C)=CCC1=CCC(=O)CC1. The number of Topliss-reactive ketones (excluding diaryl/α,β-unsaturated/α-hetero) is 1. The molecule has 1 aliphatic rings. The zero-order valence-corrected chi connectivity index (χ0v) is 7.89. The predicted octanol–water partition coefficient (Wildman–Crippen LogP) is 3.02. The molecule has 0 radical (unpaired) electrons. The first-order valence-electron chi connectivity index (χ1n) is 4.51. The van der Waals surface area contributed by atoms with Crippen molar-refractivity contribution in [2.45, 2.75) is 39.5 Å². The molecule has 0 aliphatic heterocycles. The van der Waals surface area contributed by atoms with Gasteiger partial charge in [-0.3, -0.25) is 4.79 Å². The average molecular weight is 164 g/mol. The van der Waals surface area contributed by atoms with E-state index in [0.717, 1.165) is 19.3 Å². The van der Waals surface area contributed by atoms with Crippen LogP contribution in [0.1, 0.15) is 39.5 Å². The van der Waals surface area contributed by atoms with E-state index in [2.05, 4.69) is 26.0 Å². The first kappa shape index (κ1) is 9.24. The van der Waals surface area contributed by atoms with Crippen molar-refractivity contribution in [1.29, 1.82) is 0 Å². The molecule has 1 rings (SSSR count). The maximum atomic E-state index is 10.9. The van der Waals surface area contributed by atoms with Gasteiger partial charge >= 0.3 is 0 Å². The van der Waals surface area contributed by atoms with E-state index in [9.17, 15) is 4.79 Å². The summed E-state index contributed by atoms with van der Waals surface area (Å²) in [5, 5.41) is 0. The van der Waals surface area contributed by atoms with Crippen LogP contribution in [-0.2, 0) is 4.79 Å². The number of carbonyl (C=O) groups is 1. The molecular formula is C11H16O. The highest BCUT2D eigenvalue weighted by Gasteiger charge is 2.08. The van der Waals surface area contributed by atoms with Crippen LogP contribution in [0.15, 0.2) is 23.3 Å². The highest BCUT2D eigenvalue weighted by Crippen LogP contribution is 2.18. The number of ketones is 1. The van der Waals surface area contributed by atoms with Gasteiger partial charge in [0.2, 0.25) is 0 Å². The molecule has 0 unspecified atom stereocenters. The van der Waals surface area contributed by atoms with Crippen molar-refractivity contribution in [1.82, 2.24) is 0 Å². The second kappa shape index (κ2) is 4.24. The Morgan fingerprint density at radius 1 is 1.50 bits per heavy atom. The van der Waals surface area contributed by atoms with E-state index < -0.39 is 0 Å². The van der Waals surface area contributed by atoms with E-state index in [-0.39, 0.29) is 0 Å². The molecule has 0 bridgehead atoms. The maximum Gasteiger partial charge on any atom is 0.136 e. The van der Waals surface area contributed by atoms with Crippen molar-refractivity contribution in [3.8, 4) is 0 Å². The van der Waals surface area contributed by atoms with Crippen molar-refractivity contribution >= 4 is 5.78 Å². The topological polar surface area (TPSA) is 17.1 Å². The molecule has 0 saturated carbocycles. The van der Waals surface area contributed by atoms with Crippen molar-refractivity contribution in [2.75, 3.05) is 0 Å². The van der Waals surface area contributed by atoms with Crippen LogP contribution in [-0.4, -0.2) is 5.78 Å². The number of carbonyl (C=O) groups excluding carboxylic acids is 1. The van der Waals surface area contributed by atoms with Crippen LogP contribution < -0.4 is 0 Å². The quantitative estimate of drug-likeness (QED) is 0.573. The van der Waals surface area contributed by atoms with Gasteiger partial charge in [-0.15, -0.1) is 0 Å². The first-order chi connectivity index (χ1) is 5.68. The fraction of sp³-hybridized carbons (Fsp3) is 0.545. The van der Waals surface area contributed by atoms with E-state index in [1.54, 1.807) is 0 Å². The van der Waals surface area contributed by atoms with Gasteiger partial charge in [0.05, 0.1) is 0 Å². The van der Waals surface area contributed by atoms with Gasteiger partial charge in [-0.05, 0) is 26.7 Å². The summed E-state index contributed by atoms with van der Waals surface area (Å²) in [6.07, 6.45) is 7.74. The lowest BCUT2D eigenvalue weighted by Gasteiger charge is -2.09. The normalized spacial score (nSPS) is 17.2. The fourth-order valence-electron chi connectivity index (χ4n) is 1.28. The molecule has 0 heterocycles. The van der Waals surface area contributed by atoms with Crippen LogP contribution in [0.4, 0.5) is 0 Å². The minimum atomic E-state index is 0.385. The Morgan fingerprint density at radius 3 is 2.75 bits per heavy atom. The molecular weight excluding hydrogens is 148 g/mol. The molecule has 0 aromatic rings. The third-order valence-corrected chi connectivity index (χ3v) is 2.12. The van der Waals surface area contributed by atoms with Crippen LogP contribution in [0.3, 0.4) is 0 Å². The summed E-state index contributed by atoms with van der Waals surface area (Å²) in [5.74, 6) is 0.385. The molecule has 0 atom stereocenters. The summed E-state index contributed by atoms with van der Waals surface area (Å²) >= 11 is 0. The molecule has 0 aromatic carbocycles. The monoisotopic (exact) mass is 164 g/mol. The smallest absolute Gasteiger partial charge is 0.136 e. The van der Waals surface area contributed by atoms with Gasteiger partial charge in [0.25, 0.3) is 0 Å². The number of hydrogen-bond donors (Lipinski definition) is 0. The van der Waals surface area contributed by atoms with Gasteiger partial charge in [0.15, 0.2) is 0 Å². The minimum absolute atomic E-state index is 0.385. The third kappa shape index (κ3) is 3.04. The number of allylic oxidation sites excluding steroid dienone is 4. The van der Waals surface area contributed by atoms with Crippen LogP contribution in [0, 0.1) is 0 Å². The molecule has 0 amide bonds. The summed E-state index contributed by atoms with van der Waals surface area (Å²) < 4.78 is 0. The predicted molar refractivity (Wildman–Crippen MR) is 51.0 cm³/mol. The Bertz CT molecular complexity index is 229. The van der Waals surface area contributed by atoms with Crippen molar-refractivity contribution < 1.29 is 4.79 Å². The highest BCUT2D eigenvalue weighted by molar-refractivity contribution is 5.81. The summed E-state index contributed by atoms with van der Waals surface area (Å²) in [5.41, 5.74) is 2.78. The van der Waals surface area contributed by atoms with Gasteiger partial charge < -0.3 is 0 Å². The zero-order chi connectivity index (χ0) is 8.97. The molecule has 0 spiro atoms. The second-order valence-corrected chi connectivity index (χ2v) is 3.59. The maximum absolute atomic E-state index is 10.9. The minimum Gasteiger partial charge on any atom is -0.299 e. The summed E-state index contributed by atoms with van der Waals surface area (Å²) in [7, 11) is 0. The Hall–Kier alpha value is -0.850. The summed E-state index contributed by atoms with van der Waals surface area (Å²) in [6, 6.07) is 0. The van der Waals surface area contributed by atoms with E-state index in [4.69, 9.17) is 0 Å². The van der Waals surface area contributed by atoms with Crippen LogP contribution >= 0.6 is 0 Å². The van der Waals surface area contributed by atoms with Crippen LogP contribution in [0.5, 0.6) is 0 Å². The van der Waals surface area contributed by atoms with Gasteiger partial charge in [-0.2, -0.15) is 0 Å². The standard InChI is InChI=1S/C11H16O/c1-9(2)3-4-10-5-7-11(12)8-6-10/h3,5H,4,6-8H2,1-2H3. The van der Waals surface area contributed by atoms with E-state index in [1.807, 2.05) is 0 Å². The molecule has 0 N–H and O–H groups in total. The van der Waals surface area contributed by atoms with Crippen LogP contribution in [0.2, 0.25) is 0 Å². The first-order valence-corrected chi connectivity index (χ1v) is 4.51. The third-order valence-electron chi connectivity index (χ3n) is 2.12. The molecule has 66 valence electrons. The Labute approximate surface area is 74.2 Å². The Balaban J connectivity index is 2.44. The highest BCUT2D eigenvalue weighted by atomic mass is 16.1. The van der Waals surface area contributed by atoms with Crippen molar-refractivity contribution in [3.63, 3.8) is 0 Å². The lowest BCUT2D eigenvalue weighted by Crippen LogP contribution is -2.02. The van der Waals surface area contributed by atoms with Gasteiger partial charge in [0, 0.05) is 12.8 Å². The molecule has 12 heavy (non-hydrogen) atoms. The molecule has 1 aliphatic carbocycles. The van der Waals surface area contributed by atoms with E-state index >= 15 is 0 Å². The van der Waals surface area contributed by atoms with Crippen molar-refractivity contribution in [2.24, 2.45) is 0 Å². The summed E-state index contributed by atoms with van der Waals surface area (Å²) in [4.78, 5) is 10.9. The van der Waals surface area contributed by atoms with Crippen LogP contribution in [0.25, 0.3) is 0 Å². The Morgan fingerprint density at radius 2 is 2.25 bits per heavy atom. The molecule has 0 aromatic heterocycles. The summed E-state index contributed by atoms with van der Waals surface area (Å²) in [6.45, 7) is 4.21. The number of hydrogen-bond acceptors (Lipinski definition) is 1. The molecule has 1 nitrogen and oxygen atoms in total.